The number of piperidine rings is 1. The van der Waals surface area contributed by atoms with E-state index in [1.165, 1.54) is 7.11 Å². The first-order valence-corrected chi connectivity index (χ1v) is 16.2. The Labute approximate surface area is 286 Å². The van der Waals surface area contributed by atoms with Crippen LogP contribution < -0.4 is 30.2 Å². The van der Waals surface area contributed by atoms with Crippen LogP contribution in [-0.4, -0.2) is 92.4 Å². The van der Waals surface area contributed by atoms with Crippen LogP contribution in [0.3, 0.4) is 0 Å². The van der Waals surface area contributed by atoms with Gasteiger partial charge in [-0.1, -0.05) is 30.3 Å². The van der Waals surface area contributed by atoms with Gasteiger partial charge in [-0.25, -0.2) is 9.59 Å². The van der Waals surface area contributed by atoms with E-state index in [2.05, 4.69) is 16.0 Å². The molecule has 0 spiro atoms. The van der Waals surface area contributed by atoms with Crippen LogP contribution >= 0.6 is 0 Å². The third-order valence-electron chi connectivity index (χ3n) is 8.39. The molecule has 0 radical (unpaired) electrons. The van der Waals surface area contributed by atoms with Crippen molar-refractivity contribution in [1.29, 1.82) is 0 Å². The quantitative estimate of drug-likeness (QED) is 0.187. The van der Waals surface area contributed by atoms with Gasteiger partial charge in [0.25, 0.3) is 0 Å². The zero-order valence-electron chi connectivity index (χ0n) is 28.4. The second-order valence-electron chi connectivity index (χ2n) is 11.8. The van der Waals surface area contributed by atoms with Gasteiger partial charge in [-0.3, -0.25) is 9.59 Å². The van der Waals surface area contributed by atoms with Crippen molar-refractivity contribution >= 4 is 35.3 Å². The van der Waals surface area contributed by atoms with E-state index in [4.69, 9.17) is 14.2 Å². The molecule has 3 aromatic carbocycles. The van der Waals surface area contributed by atoms with Crippen LogP contribution in [0.2, 0.25) is 0 Å². The highest BCUT2D eigenvalue weighted by Gasteiger charge is 2.27. The third kappa shape index (κ3) is 10.5. The van der Waals surface area contributed by atoms with E-state index in [-0.39, 0.29) is 37.4 Å². The molecule has 1 aliphatic rings. The summed E-state index contributed by atoms with van der Waals surface area (Å²) in [4.78, 5) is 53.6. The summed E-state index contributed by atoms with van der Waals surface area (Å²) >= 11 is 0. The van der Waals surface area contributed by atoms with E-state index in [9.17, 15) is 24.3 Å². The number of carbonyl (C=O) groups excluding carboxylic acids is 3. The molecule has 4 N–H and O–H groups in total. The van der Waals surface area contributed by atoms with Crippen LogP contribution in [0.15, 0.2) is 60.7 Å². The fraction of sp³-hybridized carbons (Fsp3) is 0.389. The summed E-state index contributed by atoms with van der Waals surface area (Å²) < 4.78 is 16.2. The molecule has 4 rings (SSSR count). The Morgan fingerprint density at radius 1 is 0.816 bits per heavy atom. The summed E-state index contributed by atoms with van der Waals surface area (Å²) in [5.41, 5.74) is 3.75. The largest absolute Gasteiger partial charge is 0.495 e. The van der Waals surface area contributed by atoms with Gasteiger partial charge in [0.05, 0.1) is 39.9 Å². The first kappa shape index (κ1) is 36.4. The molecule has 5 amide bonds. The minimum atomic E-state index is -0.975. The lowest BCUT2D eigenvalue weighted by atomic mass is 10.0. The highest BCUT2D eigenvalue weighted by molar-refractivity contribution is 6.01. The minimum absolute atomic E-state index is 0.0905. The van der Waals surface area contributed by atoms with Gasteiger partial charge >= 0.3 is 18.0 Å². The Morgan fingerprint density at radius 3 is 2.14 bits per heavy atom. The van der Waals surface area contributed by atoms with Crippen LogP contribution in [0.1, 0.15) is 36.0 Å². The third-order valence-corrected chi connectivity index (χ3v) is 8.39. The number of para-hydroxylation sites is 1. The predicted molar refractivity (Wildman–Crippen MR) is 186 cm³/mol. The smallest absolute Gasteiger partial charge is 0.323 e. The second-order valence-corrected chi connectivity index (χ2v) is 11.8. The lowest BCUT2D eigenvalue weighted by molar-refractivity contribution is -0.137. The molecule has 49 heavy (non-hydrogen) atoms. The lowest BCUT2D eigenvalue weighted by Crippen LogP contribution is -2.51. The number of anilines is 2. The number of methoxy groups -OCH3 is 3. The number of benzene rings is 3. The van der Waals surface area contributed by atoms with Gasteiger partial charge in [-0.05, 0) is 73.2 Å². The number of aliphatic carboxylic acids is 1. The summed E-state index contributed by atoms with van der Waals surface area (Å²) in [5, 5.41) is 18.0. The van der Waals surface area contributed by atoms with E-state index in [1.54, 1.807) is 48.3 Å². The molecule has 3 aromatic rings. The number of carbonyl (C=O) groups is 4. The maximum atomic E-state index is 13.5. The van der Waals surface area contributed by atoms with Gasteiger partial charge in [0.15, 0.2) is 11.5 Å². The monoisotopic (exact) mass is 675 g/mol. The van der Waals surface area contributed by atoms with Crippen LogP contribution in [0.5, 0.6) is 17.2 Å². The van der Waals surface area contributed by atoms with Gasteiger partial charge in [0.1, 0.15) is 5.75 Å². The maximum Gasteiger partial charge on any atom is 0.323 e. The molecule has 1 fully saturated rings. The highest BCUT2D eigenvalue weighted by atomic mass is 16.5. The number of rotatable bonds is 14. The normalized spacial score (nSPS) is 12.9. The Balaban J connectivity index is 1.27. The molecule has 1 aliphatic heterocycles. The van der Waals surface area contributed by atoms with Crippen molar-refractivity contribution in [3.05, 3.63) is 77.4 Å². The fourth-order valence-electron chi connectivity index (χ4n) is 5.65. The van der Waals surface area contributed by atoms with Crippen LogP contribution in [0.4, 0.5) is 21.0 Å². The molecule has 0 bridgehead atoms. The van der Waals surface area contributed by atoms with Crippen molar-refractivity contribution in [3.8, 4) is 17.2 Å². The molecular formula is C36H45N5O8. The van der Waals surface area contributed by atoms with Gasteiger partial charge in [0, 0.05) is 37.9 Å². The number of amides is 5. The number of ether oxygens (including phenoxy) is 3. The van der Waals surface area contributed by atoms with E-state index >= 15 is 0 Å². The number of hydrogen-bond acceptors (Lipinski definition) is 7. The molecule has 0 atom stereocenters. The first-order valence-electron chi connectivity index (χ1n) is 16.2. The van der Waals surface area contributed by atoms with Crippen molar-refractivity contribution in [3.63, 3.8) is 0 Å². The zero-order valence-corrected chi connectivity index (χ0v) is 28.4. The second kappa shape index (κ2) is 17.6. The molecule has 0 unspecified atom stereocenters. The van der Waals surface area contributed by atoms with Crippen LogP contribution in [0.25, 0.3) is 0 Å². The number of carboxylic acids is 1. The highest BCUT2D eigenvalue weighted by Crippen LogP contribution is 2.28. The molecular weight excluding hydrogens is 630 g/mol. The average Bonchev–Trinajstić information content (AvgIpc) is 3.09. The Kier molecular flexibility index (Phi) is 13.1. The van der Waals surface area contributed by atoms with Crippen molar-refractivity contribution in [2.24, 2.45) is 0 Å². The maximum absolute atomic E-state index is 13.5. The number of likely N-dealkylation sites (tertiary alicyclic amines) is 1. The van der Waals surface area contributed by atoms with Crippen LogP contribution in [0, 0.1) is 6.92 Å². The Bertz CT molecular complexity index is 1620. The number of urea groups is 2. The van der Waals surface area contributed by atoms with Gasteiger partial charge < -0.3 is 45.1 Å². The van der Waals surface area contributed by atoms with Crippen molar-refractivity contribution < 1.29 is 38.5 Å². The van der Waals surface area contributed by atoms with Gasteiger partial charge in [0.2, 0.25) is 5.91 Å². The van der Waals surface area contributed by atoms with Crippen LogP contribution in [-0.2, 0) is 22.4 Å². The van der Waals surface area contributed by atoms with E-state index in [1.807, 2.05) is 43.3 Å². The molecule has 262 valence electrons. The summed E-state index contributed by atoms with van der Waals surface area (Å²) in [6.07, 6.45) is 1.61. The van der Waals surface area contributed by atoms with Crippen molar-refractivity contribution in [2.75, 3.05) is 58.1 Å². The lowest BCUT2D eigenvalue weighted by Gasteiger charge is -2.36. The molecule has 0 aromatic heterocycles. The van der Waals surface area contributed by atoms with Gasteiger partial charge in [-0.2, -0.15) is 0 Å². The number of nitrogens with zero attached hydrogens (tertiary/aromatic N) is 2. The molecule has 13 heteroatoms. The van der Waals surface area contributed by atoms with Crippen molar-refractivity contribution in [2.45, 2.75) is 45.1 Å². The molecule has 1 saturated heterocycles. The number of aryl methyl sites for hydroxylation is 1. The van der Waals surface area contributed by atoms with Gasteiger partial charge in [-0.15, -0.1) is 0 Å². The summed E-state index contributed by atoms with van der Waals surface area (Å²) in [5.74, 6) is 0.473. The summed E-state index contributed by atoms with van der Waals surface area (Å²) in [6.45, 7) is 3.20. The zero-order chi connectivity index (χ0) is 35.3. The molecule has 0 saturated carbocycles. The average molecular weight is 676 g/mol. The topological polar surface area (TPSA) is 159 Å². The van der Waals surface area contributed by atoms with E-state index < -0.39 is 12.0 Å². The molecule has 1 heterocycles. The first-order chi connectivity index (χ1) is 23.6. The number of hydrogen-bond donors (Lipinski definition) is 4. The fourth-order valence-corrected chi connectivity index (χ4v) is 5.65. The Hall–Kier alpha value is -5.46. The molecule has 13 nitrogen and oxygen atoms in total. The Morgan fingerprint density at radius 2 is 1.47 bits per heavy atom. The SMILES string of the molecule is COc1cc(CC(=O)NC2CCN(C(=O)N(CCC(=O)O)CCc3ccc(OC)c(OC)c3)CC2)ccc1NC(=O)Nc1ccccc1C. The van der Waals surface area contributed by atoms with E-state index in [0.29, 0.717) is 67.5 Å². The number of carboxylic acid groups (broad SMARTS) is 1. The van der Waals surface area contributed by atoms with E-state index in [0.717, 1.165) is 16.7 Å². The number of nitrogens with one attached hydrogen (secondary N) is 3. The summed E-state index contributed by atoms with van der Waals surface area (Å²) in [7, 11) is 4.61. The molecule has 0 aliphatic carbocycles. The summed E-state index contributed by atoms with van der Waals surface area (Å²) in [6, 6.07) is 17.4. The van der Waals surface area contributed by atoms with Crippen molar-refractivity contribution in [1.82, 2.24) is 15.1 Å². The standard InChI is InChI=1S/C36H45N5O8/c1-24-7-5-6-8-28(24)38-35(45)39-29-11-9-26(22-31(29)48-3)23-33(42)37-27-14-18-41(19-15-27)36(46)40(20-16-34(43)44)17-13-25-10-12-30(47-2)32(21-25)49-4/h5-12,21-22,27H,13-20,23H2,1-4H3,(H,37,42)(H,43,44)(H2,38,39,45). The predicted octanol–water partition coefficient (Wildman–Crippen LogP) is 4.93. The minimum Gasteiger partial charge on any atom is -0.495 e.